The zero-order valence-electron chi connectivity index (χ0n) is 12.4. The van der Waals surface area contributed by atoms with Crippen LogP contribution in [0.1, 0.15) is 37.6 Å². The van der Waals surface area contributed by atoms with Gasteiger partial charge in [-0.25, -0.2) is 0 Å². The maximum atomic E-state index is 11.8. The Hall–Kier alpha value is -2.04. The van der Waals surface area contributed by atoms with Gasteiger partial charge in [0.15, 0.2) is 5.78 Å². The van der Waals surface area contributed by atoms with Crippen LogP contribution in [0.3, 0.4) is 0 Å². The van der Waals surface area contributed by atoms with Gasteiger partial charge in [0.05, 0.1) is 0 Å². The number of Topliss-reactive ketones (excluding diaryl/α,β-unsaturated/α-hetero) is 1. The Kier molecular flexibility index (Phi) is 6.03. The van der Waals surface area contributed by atoms with E-state index in [0.717, 1.165) is 18.8 Å². The fraction of sp³-hybridized carbons (Fsp3) is 0.467. The Morgan fingerprint density at radius 3 is 2.40 bits per heavy atom. The number of hydrogen-bond donors (Lipinski definition) is 2. The number of nitrogens with one attached hydrogen (secondary N) is 1. The van der Waals surface area contributed by atoms with Crippen molar-refractivity contribution < 1.29 is 9.59 Å². The fourth-order valence-corrected chi connectivity index (χ4v) is 2.04. The van der Waals surface area contributed by atoms with E-state index >= 15 is 0 Å². The van der Waals surface area contributed by atoms with E-state index in [4.69, 9.17) is 5.73 Å². The van der Waals surface area contributed by atoms with Crippen LogP contribution in [0.5, 0.6) is 0 Å². The minimum Gasteiger partial charge on any atom is -0.398 e. The molecule has 0 radical (unpaired) electrons. The van der Waals surface area contributed by atoms with Gasteiger partial charge in [0.1, 0.15) is 0 Å². The third kappa shape index (κ3) is 4.26. The largest absolute Gasteiger partial charge is 0.398 e. The van der Waals surface area contributed by atoms with Crippen LogP contribution in [0.4, 0.5) is 11.4 Å². The van der Waals surface area contributed by atoms with Crippen LogP contribution in [0.2, 0.25) is 0 Å². The molecular weight excluding hydrogens is 254 g/mol. The number of amides is 1. The Morgan fingerprint density at radius 1 is 1.25 bits per heavy atom. The average Bonchev–Trinajstić information content (AvgIpc) is 2.39. The van der Waals surface area contributed by atoms with Gasteiger partial charge in [-0.2, -0.15) is 0 Å². The van der Waals surface area contributed by atoms with E-state index in [1.54, 1.807) is 23.1 Å². The Labute approximate surface area is 120 Å². The van der Waals surface area contributed by atoms with E-state index in [0.29, 0.717) is 24.2 Å². The highest BCUT2D eigenvalue weighted by atomic mass is 16.2. The van der Waals surface area contributed by atoms with Crippen molar-refractivity contribution in [1.29, 1.82) is 0 Å². The van der Waals surface area contributed by atoms with Crippen molar-refractivity contribution in [3.05, 3.63) is 23.8 Å². The summed E-state index contributed by atoms with van der Waals surface area (Å²) in [7, 11) is 0. The summed E-state index contributed by atoms with van der Waals surface area (Å²) in [5, 5.41) is 3.15. The smallest absolute Gasteiger partial charge is 0.224 e. The van der Waals surface area contributed by atoms with Crippen molar-refractivity contribution in [1.82, 2.24) is 4.90 Å². The minimum absolute atomic E-state index is 0.0502. The molecule has 0 heterocycles. The molecule has 1 aromatic rings. The molecule has 0 saturated heterocycles. The molecule has 5 nitrogen and oxygen atoms in total. The van der Waals surface area contributed by atoms with Crippen molar-refractivity contribution in [2.24, 2.45) is 0 Å². The molecule has 0 saturated carbocycles. The number of hydrogen-bond acceptors (Lipinski definition) is 4. The topological polar surface area (TPSA) is 75.4 Å². The molecule has 0 aliphatic rings. The van der Waals surface area contributed by atoms with Gasteiger partial charge in [-0.1, -0.05) is 0 Å². The Bertz CT molecular complexity index is 482. The third-order valence-electron chi connectivity index (χ3n) is 3.21. The monoisotopic (exact) mass is 277 g/mol. The van der Waals surface area contributed by atoms with Crippen LogP contribution >= 0.6 is 0 Å². The summed E-state index contributed by atoms with van der Waals surface area (Å²) in [5.74, 6) is 0.0848. The first-order chi connectivity index (χ1) is 9.49. The molecular formula is C15H23N3O2. The second kappa shape index (κ2) is 7.53. The number of nitrogens with zero attached hydrogens (tertiary/aromatic N) is 1. The summed E-state index contributed by atoms with van der Waals surface area (Å²) in [5.41, 5.74) is 7.61. The molecule has 1 aromatic carbocycles. The van der Waals surface area contributed by atoms with Gasteiger partial charge in [-0.05, 0) is 39.0 Å². The van der Waals surface area contributed by atoms with Crippen LogP contribution in [-0.2, 0) is 4.79 Å². The third-order valence-corrected chi connectivity index (χ3v) is 3.21. The molecule has 0 aliphatic carbocycles. The summed E-state index contributed by atoms with van der Waals surface area (Å²) < 4.78 is 0. The summed E-state index contributed by atoms with van der Waals surface area (Å²) in [6.07, 6.45) is 0.441. The molecule has 1 amide bonds. The van der Waals surface area contributed by atoms with Crippen molar-refractivity contribution in [2.45, 2.75) is 27.2 Å². The van der Waals surface area contributed by atoms with Gasteiger partial charge in [0, 0.05) is 43.0 Å². The summed E-state index contributed by atoms with van der Waals surface area (Å²) in [6, 6.07) is 5.22. The van der Waals surface area contributed by atoms with Gasteiger partial charge in [-0.15, -0.1) is 0 Å². The van der Waals surface area contributed by atoms with E-state index in [9.17, 15) is 9.59 Å². The molecule has 110 valence electrons. The predicted molar refractivity (Wildman–Crippen MR) is 81.9 cm³/mol. The molecule has 20 heavy (non-hydrogen) atoms. The predicted octanol–water partition coefficient (Wildman–Crippen LogP) is 2.14. The lowest BCUT2D eigenvalue weighted by molar-refractivity contribution is -0.130. The maximum Gasteiger partial charge on any atom is 0.224 e. The second-order valence-electron chi connectivity index (χ2n) is 4.60. The average molecular weight is 277 g/mol. The number of anilines is 2. The number of carbonyl (C=O) groups excluding carboxylic acids is 2. The van der Waals surface area contributed by atoms with Gasteiger partial charge in [0.2, 0.25) is 5.91 Å². The first-order valence-electron chi connectivity index (χ1n) is 6.91. The van der Waals surface area contributed by atoms with E-state index in [1.165, 1.54) is 6.92 Å². The highest BCUT2D eigenvalue weighted by Gasteiger charge is 2.09. The lowest BCUT2D eigenvalue weighted by atomic mass is 10.1. The summed E-state index contributed by atoms with van der Waals surface area (Å²) in [4.78, 5) is 24.9. The zero-order chi connectivity index (χ0) is 15.1. The molecule has 0 fully saturated rings. The van der Waals surface area contributed by atoms with E-state index < -0.39 is 0 Å². The van der Waals surface area contributed by atoms with Gasteiger partial charge in [0.25, 0.3) is 0 Å². The first kappa shape index (κ1) is 16.0. The lowest BCUT2D eigenvalue weighted by Crippen LogP contribution is -2.31. The second-order valence-corrected chi connectivity index (χ2v) is 4.60. The van der Waals surface area contributed by atoms with Crippen LogP contribution in [0, 0.1) is 0 Å². The van der Waals surface area contributed by atoms with Crippen molar-refractivity contribution in [3.8, 4) is 0 Å². The summed E-state index contributed by atoms with van der Waals surface area (Å²) in [6.45, 7) is 7.44. The highest BCUT2D eigenvalue weighted by Crippen LogP contribution is 2.18. The SMILES string of the molecule is CCN(CC)C(=O)CCNc1ccc(C(C)=O)c(N)c1. The molecule has 0 aliphatic heterocycles. The zero-order valence-corrected chi connectivity index (χ0v) is 12.4. The van der Waals surface area contributed by atoms with Gasteiger partial charge in [-0.3, -0.25) is 9.59 Å². The standard InChI is InChI=1S/C15H23N3O2/c1-4-18(5-2)15(20)8-9-17-12-6-7-13(11(3)19)14(16)10-12/h6-7,10,17H,4-5,8-9,16H2,1-3H3. The van der Waals surface area contributed by atoms with Crippen molar-refractivity contribution in [2.75, 3.05) is 30.7 Å². The molecule has 0 bridgehead atoms. The van der Waals surface area contributed by atoms with Crippen LogP contribution < -0.4 is 11.1 Å². The number of rotatable bonds is 7. The summed E-state index contributed by atoms with van der Waals surface area (Å²) >= 11 is 0. The number of benzene rings is 1. The Balaban J connectivity index is 2.53. The van der Waals surface area contributed by atoms with Crippen LogP contribution in [0.25, 0.3) is 0 Å². The molecule has 3 N–H and O–H groups in total. The van der Waals surface area contributed by atoms with E-state index in [2.05, 4.69) is 5.32 Å². The number of carbonyl (C=O) groups is 2. The van der Waals surface area contributed by atoms with Gasteiger partial charge < -0.3 is 16.0 Å². The van der Waals surface area contributed by atoms with Crippen molar-refractivity contribution >= 4 is 23.1 Å². The molecule has 0 unspecified atom stereocenters. The molecule has 1 rings (SSSR count). The molecule has 0 aromatic heterocycles. The number of nitrogens with two attached hydrogens (primary N) is 1. The highest BCUT2D eigenvalue weighted by molar-refractivity contribution is 5.99. The van der Waals surface area contributed by atoms with E-state index in [-0.39, 0.29) is 11.7 Å². The van der Waals surface area contributed by atoms with Crippen molar-refractivity contribution in [3.63, 3.8) is 0 Å². The molecule has 5 heteroatoms. The number of nitrogen functional groups attached to an aromatic ring is 1. The maximum absolute atomic E-state index is 11.8. The van der Waals surface area contributed by atoms with E-state index in [1.807, 2.05) is 13.8 Å². The number of ketones is 1. The Morgan fingerprint density at radius 2 is 1.90 bits per heavy atom. The molecule has 0 atom stereocenters. The minimum atomic E-state index is -0.0502. The lowest BCUT2D eigenvalue weighted by Gasteiger charge is -2.18. The van der Waals surface area contributed by atoms with Crippen LogP contribution in [-0.4, -0.2) is 36.2 Å². The fourth-order valence-electron chi connectivity index (χ4n) is 2.04. The first-order valence-corrected chi connectivity index (χ1v) is 6.91. The van der Waals surface area contributed by atoms with Gasteiger partial charge >= 0.3 is 0 Å². The van der Waals surface area contributed by atoms with Crippen LogP contribution in [0.15, 0.2) is 18.2 Å². The quantitative estimate of drug-likeness (QED) is 0.591. The molecule has 0 spiro atoms. The normalized spacial score (nSPS) is 10.2.